The maximum Gasteiger partial charge on any atom is 0.121 e. The Labute approximate surface area is 125 Å². The minimum absolute atomic E-state index is 0.0443. The number of aliphatic hydroxyl groups is 2. The lowest BCUT2D eigenvalue weighted by atomic mass is 9.81. The second kappa shape index (κ2) is 5.39. The van der Waals surface area contributed by atoms with Crippen LogP contribution in [0.25, 0.3) is 0 Å². The number of hydrogen-bond donors (Lipinski definition) is 3. The van der Waals surface area contributed by atoms with Gasteiger partial charge in [0.15, 0.2) is 0 Å². The minimum Gasteiger partial charge on any atom is -0.464 e. The first-order valence-corrected chi connectivity index (χ1v) is 7.83. The Morgan fingerprint density at radius 2 is 2.05 bits per heavy atom. The number of furan rings is 1. The molecule has 5 heteroatoms. The Kier molecular flexibility index (Phi) is 3.86. The molecule has 0 unspecified atom stereocenters. The van der Waals surface area contributed by atoms with Crippen LogP contribution in [-0.2, 0) is 0 Å². The quantitative estimate of drug-likeness (QED) is 0.767. The molecule has 1 aromatic heterocycles. The number of nitrogens with zero attached hydrogens (tertiary/aromatic N) is 1. The van der Waals surface area contributed by atoms with Gasteiger partial charge in [0, 0.05) is 24.9 Å². The molecule has 5 nitrogen and oxygen atoms in total. The summed E-state index contributed by atoms with van der Waals surface area (Å²) in [6.07, 6.45) is 0. The first-order valence-electron chi connectivity index (χ1n) is 7.83. The minimum atomic E-state index is -0.603. The highest BCUT2D eigenvalue weighted by atomic mass is 16.3. The van der Waals surface area contributed by atoms with Crippen molar-refractivity contribution in [3.8, 4) is 0 Å². The zero-order valence-electron chi connectivity index (χ0n) is 13.1. The molecule has 2 saturated heterocycles. The van der Waals surface area contributed by atoms with Gasteiger partial charge in [0.2, 0.25) is 0 Å². The van der Waals surface area contributed by atoms with E-state index in [1.54, 1.807) is 0 Å². The van der Waals surface area contributed by atoms with Gasteiger partial charge in [0.1, 0.15) is 11.5 Å². The van der Waals surface area contributed by atoms with Gasteiger partial charge in [0.05, 0.1) is 24.8 Å². The van der Waals surface area contributed by atoms with Gasteiger partial charge in [0.25, 0.3) is 0 Å². The molecule has 0 amide bonds. The third-order valence-electron chi connectivity index (χ3n) is 5.52. The summed E-state index contributed by atoms with van der Waals surface area (Å²) in [6.45, 7) is 9.00. The van der Waals surface area contributed by atoms with Crippen molar-refractivity contribution in [2.24, 2.45) is 11.8 Å². The molecular weight excluding hydrogens is 268 g/mol. The fourth-order valence-electron chi connectivity index (χ4n) is 4.03. The van der Waals surface area contributed by atoms with Crippen LogP contribution in [0.15, 0.2) is 10.5 Å². The predicted octanol–water partition coefficient (Wildman–Crippen LogP) is 0.832. The highest BCUT2D eigenvalue weighted by molar-refractivity contribution is 5.25. The molecule has 21 heavy (non-hydrogen) atoms. The van der Waals surface area contributed by atoms with Crippen LogP contribution in [0.4, 0.5) is 0 Å². The molecule has 3 atom stereocenters. The standard InChI is InChI=1S/C16H26N2O3/c1-4-18-6-12-13(7-18)16(8-19,9-20)17-15(12)14-5-10(2)11(3)21-14/h5,12-13,15,17,19-20H,4,6-9H2,1-3H3/t12-,13+,15+/m1/s1. The molecule has 0 saturated carbocycles. The molecule has 0 spiro atoms. The molecule has 0 radical (unpaired) electrons. The van der Waals surface area contributed by atoms with Gasteiger partial charge >= 0.3 is 0 Å². The van der Waals surface area contributed by atoms with E-state index in [-0.39, 0.29) is 25.2 Å². The van der Waals surface area contributed by atoms with Crippen LogP contribution in [0.2, 0.25) is 0 Å². The van der Waals surface area contributed by atoms with E-state index in [9.17, 15) is 10.2 Å². The summed E-state index contributed by atoms with van der Waals surface area (Å²) in [5, 5.41) is 23.2. The summed E-state index contributed by atoms with van der Waals surface area (Å²) in [5.74, 6) is 2.50. The summed E-state index contributed by atoms with van der Waals surface area (Å²) in [6, 6.07) is 2.15. The Hall–Kier alpha value is -0.880. The van der Waals surface area contributed by atoms with E-state index in [0.717, 1.165) is 36.7 Å². The van der Waals surface area contributed by atoms with Crippen molar-refractivity contribution in [1.82, 2.24) is 10.2 Å². The van der Waals surface area contributed by atoms with Gasteiger partial charge in [-0.1, -0.05) is 6.92 Å². The lowest BCUT2D eigenvalue weighted by Gasteiger charge is -2.32. The zero-order valence-corrected chi connectivity index (χ0v) is 13.1. The average Bonchev–Trinajstić information content (AvgIpc) is 3.12. The molecule has 0 bridgehead atoms. The van der Waals surface area contributed by atoms with Gasteiger partial charge in [-0.25, -0.2) is 0 Å². The number of rotatable bonds is 4. The molecule has 3 N–H and O–H groups in total. The van der Waals surface area contributed by atoms with Crippen molar-refractivity contribution in [3.63, 3.8) is 0 Å². The van der Waals surface area contributed by atoms with Gasteiger partial charge in [-0.3, -0.25) is 5.32 Å². The Bertz CT molecular complexity index is 490. The van der Waals surface area contributed by atoms with Crippen LogP contribution < -0.4 is 5.32 Å². The molecule has 2 fully saturated rings. The number of hydrogen-bond acceptors (Lipinski definition) is 5. The third kappa shape index (κ3) is 2.23. The van der Waals surface area contributed by atoms with E-state index in [1.807, 2.05) is 13.8 Å². The average molecular weight is 294 g/mol. The summed E-state index contributed by atoms with van der Waals surface area (Å²) >= 11 is 0. The van der Waals surface area contributed by atoms with E-state index in [4.69, 9.17) is 4.42 Å². The SMILES string of the molecule is CCN1C[C@H]2[C@@H](c3cc(C)c(C)o3)NC(CO)(CO)[C@H]2C1. The maximum absolute atomic E-state index is 9.88. The monoisotopic (exact) mass is 294 g/mol. The van der Waals surface area contributed by atoms with E-state index in [0.29, 0.717) is 5.92 Å². The van der Waals surface area contributed by atoms with Crippen LogP contribution >= 0.6 is 0 Å². The van der Waals surface area contributed by atoms with Crippen LogP contribution in [0.1, 0.15) is 30.0 Å². The summed E-state index contributed by atoms with van der Waals surface area (Å²) < 4.78 is 5.91. The summed E-state index contributed by atoms with van der Waals surface area (Å²) in [7, 11) is 0. The molecule has 0 aliphatic carbocycles. The van der Waals surface area contributed by atoms with Crippen molar-refractivity contribution < 1.29 is 14.6 Å². The molecule has 3 heterocycles. The number of aliphatic hydroxyl groups excluding tert-OH is 2. The number of fused-ring (bicyclic) bond motifs is 1. The van der Waals surface area contributed by atoms with Gasteiger partial charge < -0.3 is 19.5 Å². The molecular formula is C16H26N2O3. The van der Waals surface area contributed by atoms with Crippen LogP contribution in [0.5, 0.6) is 0 Å². The van der Waals surface area contributed by atoms with E-state index < -0.39 is 5.54 Å². The summed E-state index contributed by atoms with van der Waals surface area (Å²) in [5.41, 5.74) is 0.549. The van der Waals surface area contributed by atoms with Crippen molar-refractivity contribution in [2.75, 3.05) is 32.8 Å². The number of likely N-dealkylation sites (tertiary alicyclic amines) is 1. The van der Waals surface area contributed by atoms with Crippen molar-refractivity contribution in [3.05, 3.63) is 23.2 Å². The first kappa shape index (κ1) is 15.0. The largest absolute Gasteiger partial charge is 0.464 e. The first-order chi connectivity index (χ1) is 10.0. The Balaban J connectivity index is 1.95. The number of aryl methyl sites for hydroxylation is 2. The fraction of sp³-hybridized carbons (Fsp3) is 0.750. The normalized spacial score (nSPS) is 31.8. The topological polar surface area (TPSA) is 68.9 Å². The van der Waals surface area contributed by atoms with Crippen molar-refractivity contribution >= 4 is 0 Å². The third-order valence-corrected chi connectivity index (χ3v) is 5.52. The van der Waals surface area contributed by atoms with E-state index in [1.165, 1.54) is 0 Å². The highest BCUT2D eigenvalue weighted by Gasteiger charge is 2.57. The molecule has 2 aliphatic rings. The second-order valence-electron chi connectivity index (χ2n) is 6.60. The van der Waals surface area contributed by atoms with Crippen molar-refractivity contribution in [1.29, 1.82) is 0 Å². The maximum atomic E-state index is 9.88. The zero-order chi connectivity index (χ0) is 15.2. The van der Waals surface area contributed by atoms with Crippen molar-refractivity contribution in [2.45, 2.75) is 32.4 Å². The Morgan fingerprint density at radius 3 is 2.57 bits per heavy atom. The second-order valence-corrected chi connectivity index (χ2v) is 6.60. The summed E-state index contributed by atoms with van der Waals surface area (Å²) in [4.78, 5) is 2.39. The lowest BCUT2D eigenvalue weighted by Crippen LogP contribution is -2.53. The lowest BCUT2D eigenvalue weighted by molar-refractivity contribution is 0.0662. The van der Waals surface area contributed by atoms with E-state index in [2.05, 4.69) is 23.2 Å². The van der Waals surface area contributed by atoms with Gasteiger partial charge in [-0.05, 0) is 32.0 Å². The molecule has 3 rings (SSSR count). The predicted molar refractivity (Wildman–Crippen MR) is 80.1 cm³/mol. The highest BCUT2D eigenvalue weighted by Crippen LogP contribution is 2.47. The molecule has 0 aromatic carbocycles. The van der Waals surface area contributed by atoms with E-state index >= 15 is 0 Å². The van der Waals surface area contributed by atoms with Gasteiger partial charge in [-0.2, -0.15) is 0 Å². The Morgan fingerprint density at radius 1 is 1.33 bits per heavy atom. The smallest absolute Gasteiger partial charge is 0.121 e. The molecule has 1 aromatic rings. The van der Waals surface area contributed by atoms with Gasteiger partial charge in [-0.15, -0.1) is 0 Å². The fourth-order valence-corrected chi connectivity index (χ4v) is 4.03. The number of nitrogens with one attached hydrogen (secondary N) is 1. The van der Waals surface area contributed by atoms with Crippen LogP contribution in [0, 0.1) is 25.7 Å². The van der Waals surface area contributed by atoms with Crippen LogP contribution in [-0.4, -0.2) is 53.5 Å². The van der Waals surface area contributed by atoms with Crippen LogP contribution in [0.3, 0.4) is 0 Å². The molecule has 2 aliphatic heterocycles. The molecule has 118 valence electrons.